The summed E-state index contributed by atoms with van der Waals surface area (Å²) in [7, 11) is 0. The van der Waals surface area contributed by atoms with Crippen LogP contribution in [0, 0.1) is 17.1 Å². The minimum absolute atomic E-state index is 0.0589. The number of likely N-dealkylation sites (tertiary alicyclic amines) is 1. The number of amides is 3. The number of benzene rings is 2. The maximum atomic E-state index is 14.8. The Hall–Kier alpha value is -3.67. The average Bonchev–Trinajstić information content (AvgIpc) is 3.02. The van der Waals surface area contributed by atoms with Gasteiger partial charge in [0.15, 0.2) is 0 Å². The molecule has 3 aliphatic heterocycles. The van der Waals surface area contributed by atoms with E-state index in [1.165, 1.54) is 12.1 Å². The first-order chi connectivity index (χ1) is 21.2. The smallest absolute Gasteiger partial charge is 0.256 e. The Balaban J connectivity index is 1.09. The zero-order valence-electron chi connectivity index (χ0n) is 25.6. The molecule has 3 saturated heterocycles. The van der Waals surface area contributed by atoms with Crippen LogP contribution in [0.25, 0.3) is 0 Å². The molecular formula is C33H44FN7O3. The van der Waals surface area contributed by atoms with Gasteiger partial charge in [0, 0.05) is 81.7 Å². The predicted octanol–water partition coefficient (Wildman–Crippen LogP) is 1.83. The number of rotatable bonds is 9. The summed E-state index contributed by atoms with van der Waals surface area (Å²) < 4.78 is 14.8. The normalized spacial score (nSPS) is 20.5. The Morgan fingerprint density at radius 2 is 1.59 bits per heavy atom. The van der Waals surface area contributed by atoms with Gasteiger partial charge in [-0.15, -0.1) is 0 Å². The molecule has 2 aromatic rings. The van der Waals surface area contributed by atoms with E-state index in [0.717, 1.165) is 52.1 Å². The topological polar surface area (TPSA) is 126 Å². The molecule has 1 atom stereocenters. The summed E-state index contributed by atoms with van der Waals surface area (Å²) in [6.07, 6.45) is 2.32. The van der Waals surface area contributed by atoms with Gasteiger partial charge in [0.1, 0.15) is 5.82 Å². The van der Waals surface area contributed by atoms with Crippen molar-refractivity contribution in [1.82, 2.24) is 24.9 Å². The van der Waals surface area contributed by atoms with E-state index in [4.69, 9.17) is 11.1 Å². The third-order valence-electron chi connectivity index (χ3n) is 9.11. The Bertz CT molecular complexity index is 1370. The van der Waals surface area contributed by atoms with Crippen molar-refractivity contribution in [3.8, 4) is 0 Å². The number of nitrogens with one attached hydrogen (secondary N) is 2. The SMILES string of the molecule is CC1CN(CC2CCN(CC(=O)N3CCN(C(=O)c4cc(CC(=N)c5ccccc5C(N)=O)ccc4F)CC3)CC2)CCN1. The van der Waals surface area contributed by atoms with Gasteiger partial charge in [-0.2, -0.15) is 0 Å². The van der Waals surface area contributed by atoms with Crippen LogP contribution in [-0.2, 0) is 11.2 Å². The van der Waals surface area contributed by atoms with Gasteiger partial charge in [0.25, 0.3) is 5.91 Å². The van der Waals surface area contributed by atoms with E-state index in [-0.39, 0.29) is 29.2 Å². The number of hydrogen-bond acceptors (Lipinski definition) is 7. The first-order valence-electron chi connectivity index (χ1n) is 15.7. The van der Waals surface area contributed by atoms with Gasteiger partial charge in [-0.25, -0.2) is 4.39 Å². The number of primary amides is 1. The van der Waals surface area contributed by atoms with Gasteiger partial charge >= 0.3 is 0 Å². The van der Waals surface area contributed by atoms with Gasteiger partial charge in [-0.05, 0) is 62.5 Å². The molecular weight excluding hydrogens is 561 g/mol. The van der Waals surface area contributed by atoms with Crippen molar-refractivity contribution in [3.63, 3.8) is 0 Å². The van der Waals surface area contributed by atoms with Crippen molar-refractivity contribution in [2.24, 2.45) is 11.7 Å². The lowest BCUT2D eigenvalue weighted by molar-refractivity contribution is -0.134. The van der Waals surface area contributed by atoms with Gasteiger partial charge in [-0.3, -0.25) is 19.3 Å². The number of piperazine rings is 2. The van der Waals surface area contributed by atoms with Crippen LogP contribution >= 0.6 is 0 Å². The van der Waals surface area contributed by atoms with E-state index < -0.39 is 17.6 Å². The zero-order chi connectivity index (χ0) is 31.2. The Morgan fingerprint density at radius 3 is 2.27 bits per heavy atom. The summed E-state index contributed by atoms with van der Waals surface area (Å²) in [5, 5.41) is 12.0. The summed E-state index contributed by atoms with van der Waals surface area (Å²) in [6, 6.07) is 11.4. The molecule has 0 saturated carbocycles. The second-order valence-electron chi connectivity index (χ2n) is 12.4. The average molecular weight is 606 g/mol. The highest BCUT2D eigenvalue weighted by Gasteiger charge is 2.29. The highest BCUT2D eigenvalue weighted by Crippen LogP contribution is 2.21. The van der Waals surface area contributed by atoms with Crippen LogP contribution in [0.5, 0.6) is 0 Å². The largest absolute Gasteiger partial charge is 0.366 e. The Morgan fingerprint density at radius 1 is 0.909 bits per heavy atom. The summed E-state index contributed by atoms with van der Waals surface area (Å²) in [5.74, 6) is -0.928. The molecule has 1 unspecified atom stereocenters. The Labute approximate surface area is 258 Å². The summed E-state index contributed by atoms with van der Waals surface area (Å²) >= 11 is 0. The highest BCUT2D eigenvalue weighted by molar-refractivity contribution is 6.09. The summed E-state index contributed by atoms with van der Waals surface area (Å²) in [4.78, 5) is 46.4. The molecule has 2 aromatic carbocycles. The molecule has 0 radical (unpaired) electrons. The van der Waals surface area contributed by atoms with Crippen LogP contribution in [0.3, 0.4) is 0 Å². The first kappa shape index (κ1) is 31.7. The van der Waals surface area contributed by atoms with Crippen LogP contribution in [0.4, 0.5) is 4.39 Å². The number of hydrogen-bond donors (Lipinski definition) is 3. The van der Waals surface area contributed by atoms with Crippen LogP contribution in [0.2, 0.25) is 0 Å². The van der Waals surface area contributed by atoms with Crippen molar-refractivity contribution in [2.75, 3.05) is 72.0 Å². The third kappa shape index (κ3) is 7.88. The molecule has 0 aromatic heterocycles. The lowest BCUT2D eigenvalue weighted by atomic mass is 9.95. The minimum atomic E-state index is -0.629. The third-order valence-corrected chi connectivity index (χ3v) is 9.11. The fraction of sp³-hybridized carbons (Fsp3) is 0.515. The van der Waals surface area contributed by atoms with Crippen LogP contribution in [-0.4, -0.2) is 121 Å². The molecule has 5 rings (SSSR count). The molecule has 3 aliphatic rings. The summed E-state index contributed by atoms with van der Waals surface area (Å²) in [6.45, 7) is 10.4. The lowest BCUT2D eigenvalue weighted by Crippen LogP contribution is -2.53. The maximum Gasteiger partial charge on any atom is 0.256 e. The number of nitrogens with two attached hydrogens (primary N) is 1. The fourth-order valence-electron chi connectivity index (χ4n) is 6.60. The molecule has 4 N–H and O–H groups in total. The fourth-order valence-corrected chi connectivity index (χ4v) is 6.60. The molecule has 10 nitrogen and oxygen atoms in total. The quantitative estimate of drug-likeness (QED) is 0.375. The number of carbonyl (C=O) groups is 3. The van der Waals surface area contributed by atoms with Crippen molar-refractivity contribution >= 4 is 23.4 Å². The molecule has 0 aliphatic carbocycles. The summed E-state index contributed by atoms with van der Waals surface area (Å²) in [5.41, 5.74) is 6.78. The molecule has 3 heterocycles. The number of piperidine rings is 1. The number of nitrogens with zero attached hydrogens (tertiary/aromatic N) is 4. The Kier molecular flexibility index (Phi) is 10.4. The minimum Gasteiger partial charge on any atom is -0.366 e. The van der Waals surface area contributed by atoms with E-state index in [0.29, 0.717) is 55.8 Å². The maximum absolute atomic E-state index is 14.8. The second kappa shape index (κ2) is 14.4. The van der Waals surface area contributed by atoms with Crippen molar-refractivity contribution < 1.29 is 18.8 Å². The molecule has 236 valence electrons. The lowest BCUT2D eigenvalue weighted by Gasteiger charge is -2.39. The van der Waals surface area contributed by atoms with Crippen molar-refractivity contribution in [1.29, 1.82) is 5.41 Å². The van der Waals surface area contributed by atoms with E-state index in [9.17, 15) is 18.8 Å². The number of halogens is 1. The highest BCUT2D eigenvalue weighted by atomic mass is 19.1. The van der Waals surface area contributed by atoms with E-state index in [2.05, 4.69) is 22.0 Å². The molecule has 0 spiro atoms. The second-order valence-corrected chi connectivity index (χ2v) is 12.4. The van der Waals surface area contributed by atoms with Gasteiger partial charge < -0.3 is 31.2 Å². The molecule has 3 amide bonds. The number of carbonyl (C=O) groups excluding carboxylic acids is 3. The van der Waals surface area contributed by atoms with Crippen molar-refractivity contribution in [3.05, 3.63) is 70.5 Å². The van der Waals surface area contributed by atoms with Crippen molar-refractivity contribution in [2.45, 2.75) is 32.2 Å². The van der Waals surface area contributed by atoms with E-state index in [1.54, 1.807) is 35.2 Å². The van der Waals surface area contributed by atoms with Gasteiger partial charge in [0.05, 0.1) is 12.1 Å². The predicted molar refractivity (Wildman–Crippen MR) is 167 cm³/mol. The molecule has 11 heteroatoms. The van der Waals surface area contributed by atoms with Crippen LogP contribution < -0.4 is 11.1 Å². The zero-order valence-corrected chi connectivity index (χ0v) is 25.6. The monoisotopic (exact) mass is 605 g/mol. The molecule has 44 heavy (non-hydrogen) atoms. The standard InChI is InChI=1S/C33H44FN7O3/c1-23-20-39(13-10-37-23)21-24-8-11-38(12-9-24)22-31(42)40-14-16-41(17-15-40)33(44)28-18-25(6-7-29(28)34)19-30(35)26-4-2-3-5-27(26)32(36)43/h2-7,18,23-24,35,37H,8-17,19-22H2,1H3,(H2,36,43). The molecule has 0 bridgehead atoms. The van der Waals surface area contributed by atoms with Gasteiger partial charge in [0.2, 0.25) is 11.8 Å². The van der Waals surface area contributed by atoms with E-state index in [1.807, 2.05) is 4.90 Å². The van der Waals surface area contributed by atoms with Crippen LogP contribution in [0.15, 0.2) is 42.5 Å². The van der Waals surface area contributed by atoms with Gasteiger partial charge in [-0.1, -0.05) is 24.3 Å². The van der Waals surface area contributed by atoms with E-state index >= 15 is 0 Å². The first-order valence-corrected chi connectivity index (χ1v) is 15.7. The van der Waals surface area contributed by atoms with Crippen LogP contribution in [0.1, 0.15) is 51.6 Å². The molecule has 3 fully saturated rings.